The number of ether oxygens (including phenoxy) is 1. The van der Waals surface area contributed by atoms with Gasteiger partial charge in [-0.05, 0) is 52.9 Å². The number of piperidine rings is 1. The van der Waals surface area contributed by atoms with Crippen molar-refractivity contribution in [3.8, 4) is 0 Å². The van der Waals surface area contributed by atoms with E-state index in [-0.39, 0.29) is 35.9 Å². The second kappa shape index (κ2) is 8.42. The van der Waals surface area contributed by atoms with Gasteiger partial charge in [-0.15, -0.1) is 10.2 Å². The molecule has 166 valence electrons. The Morgan fingerprint density at radius 1 is 1.20 bits per heavy atom. The van der Waals surface area contributed by atoms with E-state index >= 15 is 0 Å². The highest BCUT2D eigenvalue weighted by Gasteiger charge is 2.47. The van der Waals surface area contributed by atoms with Gasteiger partial charge in [-0.3, -0.25) is 9.63 Å². The smallest absolute Gasteiger partial charge is 0.344 e. The number of fused-ring (bicyclic) bond motifs is 2. The van der Waals surface area contributed by atoms with Gasteiger partial charge in [-0.1, -0.05) is 24.7 Å². The predicted molar refractivity (Wildman–Crippen MR) is 112 cm³/mol. The maximum atomic E-state index is 12.8. The van der Waals surface area contributed by atoms with Gasteiger partial charge in [0, 0.05) is 12.5 Å². The lowest BCUT2D eigenvalue weighted by molar-refractivity contribution is -0.163. The van der Waals surface area contributed by atoms with Crippen LogP contribution in [0.4, 0.5) is 4.79 Å². The third kappa shape index (κ3) is 4.32. The Morgan fingerprint density at radius 2 is 1.93 bits per heavy atom. The highest BCUT2D eigenvalue weighted by Crippen LogP contribution is 2.46. The first-order chi connectivity index (χ1) is 14.3. The van der Waals surface area contributed by atoms with E-state index in [1.54, 1.807) is 16.4 Å². The van der Waals surface area contributed by atoms with E-state index in [1.807, 2.05) is 25.7 Å². The van der Waals surface area contributed by atoms with Gasteiger partial charge in [0.15, 0.2) is 0 Å². The fourth-order valence-corrected chi connectivity index (χ4v) is 5.42. The van der Waals surface area contributed by atoms with E-state index in [4.69, 9.17) is 9.57 Å². The SMILES string of the molecule is CCCCON1C(=O)N2C[C@@H]1CC[C@H]2c1nnc(C2CC(C(=O)OC(C)(C)C)C2)s1. The largest absolute Gasteiger partial charge is 0.460 e. The minimum absolute atomic E-state index is 0.0264. The van der Waals surface area contributed by atoms with E-state index in [9.17, 15) is 9.59 Å². The Kier molecular flexibility index (Phi) is 6.03. The van der Waals surface area contributed by atoms with Crippen LogP contribution in [-0.4, -0.2) is 57.0 Å². The molecule has 1 saturated carbocycles. The maximum absolute atomic E-state index is 12.8. The van der Waals surface area contributed by atoms with E-state index in [2.05, 4.69) is 17.1 Å². The summed E-state index contributed by atoms with van der Waals surface area (Å²) in [5.74, 6) is 0.0897. The van der Waals surface area contributed by atoms with Crippen molar-refractivity contribution in [2.45, 2.75) is 89.8 Å². The molecular weight excluding hydrogens is 404 g/mol. The second-order valence-electron chi connectivity index (χ2n) is 9.57. The summed E-state index contributed by atoms with van der Waals surface area (Å²) in [6.07, 6.45) is 5.31. The van der Waals surface area contributed by atoms with Crippen molar-refractivity contribution in [1.82, 2.24) is 20.2 Å². The molecule has 8 nitrogen and oxygen atoms in total. The number of amides is 2. The second-order valence-corrected chi connectivity index (χ2v) is 10.6. The standard InChI is InChI=1S/C21H32N4O4S/c1-5-6-9-28-25-15-7-8-16(24(12-15)20(25)27)18-23-22-17(30-18)13-10-14(11-13)19(26)29-21(2,3)4/h13-16H,5-12H2,1-4H3/t13?,14?,15-,16-/m0/s1. The lowest BCUT2D eigenvalue weighted by atomic mass is 9.75. The zero-order valence-corrected chi connectivity index (χ0v) is 19.1. The molecule has 0 spiro atoms. The number of hydroxylamine groups is 2. The van der Waals surface area contributed by atoms with E-state index in [1.165, 1.54) is 0 Å². The van der Waals surface area contributed by atoms with Crippen LogP contribution in [0.3, 0.4) is 0 Å². The summed E-state index contributed by atoms with van der Waals surface area (Å²) < 4.78 is 5.48. The fraction of sp³-hybridized carbons (Fsp3) is 0.810. The summed E-state index contributed by atoms with van der Waals surface area (Å²) in [5, 5.41) is 12.3. The Hall–Kier alpha value is -1.74. The highest BCUT2D eigenvalue weighted by atomic mass is 32.1. The number of aromatic nitrogens is 2. The molecule has 1 aromatic heterocycles. The van der Waals surface area contributed by atoms with Gasteiger partial charge in [-0.25, -0.2) is 4.79 Å². The first kappa shape index (κ1) is 21.5. The molecule has 1 aromatic rings. The molecule has 0 radical (unpaired) electrons. The maximum Gasteiger partial charge on any atom is 0.344 e. The summed E-state index contributed by atoms with van der Waals surface area (Å²) >= 11 is 1.59. The molecule has 3 heterocycles. The molecule has 0 aromatic carbocycles. The number of carbonyl (C=O) groups is 2. The molecule has 2 aliphatic heterocycles. The molecular formula is C21H32N4O4S. The molecule has 0 N–H and O–H groups in total. The molecule has 2 saturated heterocycles. The first-order valence-electron chi connectivity index (χ1n) is 11.1. The molecule has 2 amide bonds. The zero-order chi connectivity index (χ0) is 21.5. The van der Waals surface area contributed by atoms with E-state index < -0.39 is 5.60 Å². The third-order valence-electron chi connectivity index (χ3n) is 6.02. The normalized spacial score (nSPS) is 28.6. The summed E-state index contributed by atoms with van der Waals surface area (Å²) in [4.78, 5) is 32.7. The number of carbonyl (C=O) groups excluding carboxylic acids is 2. The lowest BCUT2D eigenvalue weighted by Gasteiger charge is -2.34. The summed E-state index contributed by atoms with van der Waals surface area (Å²) in [7, 11) is 0. The number of rotatable bonds is 7. The Morgan fingerprint density at radius 3 is 2.63 bits per heavy atom. The zero-order valence-electron chi connectivity index (χ0n) is 18.3. The predicted octanol–water partition coefficient (Wildman–Crippen LogP) is 4.05. The molecule has 0 unspecified atom stereocenters. The Labute approximate surface area is 181 Å². The van der Waals surface area contributed by atoms with Crippen molar-refractivity contribution in [1.29, 1.82) is 0 Å². The molecule has 3 aliphatic rings. The monoisotopic (exact) mass is 436 g/mol. The average molecular weight is 437 g/mol. The number of esters is 1. The number of unbranched alkanes of at least 4 members (excludes halogenated alkanes) is 1. The molecule has 4 rings (SSSR count). The van der Waals surface area contributed by atoms with Gasteiger partial charge in [0.25, 0.3) is 0 Å². The third-order valence-corrected chi connectivity index (χ3v) is 7.21. The quantitative estimate of drug-likeness (QED) is 0.474. The van der Waals surface area contributed by atoms with Crippen LogP contribution < -0.4 is 0 Å². The summed E-state index contributed by atoms with van der Waals surface area (Å²) in [6.45, 7) is 9.06. The van der Waals surface area contributed by atoms with Gasteiger partial charge in [0.1, 0.15) is 15.6 Å². The number of urea groups is 1. The summed E-state index contributed by atoms with van der Waals surface area (Å²) in [5.41, 5.74) is -0.451. The van der Waals surface area contributed by atoms with Gasteiger partial charge in [0.05, 0.1) is 24.6 Å². The Bertz CT molecular complexity index is 786. The fourth-order valence-electron chi connectivity index (χ4n) is 4.31. The number of hydrogen-bond donors (Lipinski definition) is 0. The topological polar surface area (TPSA) is 84.9 Å². The van der Waals surface area contributed by atoms with E-state index in [0.717, 1.165) is 48.5 Å². The van der Waals surface area contributed by atoms with Gasteiger partial charge < -0.3 is 9.64 Å². The van der Waals surface area contributed by atoms with Crippen LogP contribution in [0.2, 0.25) is 0 Å². The van der Waals surface area contributed by atoms with Crippen LogP contribution in [0.15, 0.2) is 0 Å². The highest BCUT2D eigenvalue weighted by molar-refractivity contribution is 7.11. The Balaban J connectivity index is 1.34. The number of hydrogen-bond acceptors (Lipinski definition) is 7. The molecule has 9 heteroatoms. The van der Waals surface area contributed by atoms with Crippen molar-refractivity contribution < 1.29 is 19.2 Å². The first-order valence-corrected chi connectivity index (χ1v) is 11.9. The van der Waals surface area contributed by atoms with Crippen LogP contribution in [0, 0.1) is 5.92 Å². The number of nitrogens with zero attached hydrogens (tertiary/aromatic N) is 4. The lowest BCUT2D eigenvalue weighted by Crippen LogP contribution is -2.35. The van der Waals surface area contributed by atoms with Crippen molar-refractivity contribution in [3.05, 3.63) is 10.0 Å². The molecule has 30 heavy (non-hydrogen) atoms. The molecule has 2 bridgehead atoms. The van der Waals surface area contributed by atoms with Crippen molar-refractivity contribution in [2.75, 3.05) is 13.2 Å². The molecule has 3 fully saturated rings. The van der Waals surface area contributed by atoms with Gasteiger partial charge in [-0.2, -0.15) is 5.06 Å². The van der Waals surface area contributed by atoms with Gasteiger partial charge in [0.2, 0.25) is 0 Å². The van der Waals surface area contributed by atoms with Crippen LogP contribution in [0.25, 0.3) is 0 Å². The van der Waals surface area contributed by atoms with Crippen molar-refractivity contribution in [3.63, 3.8) is 0 Å². The van der Waals surface area contributed by atoms with Crippen molar-refractivity contribution >= 4 is 23.3 Å². The van der Waals surface area contributed by atoms with Crippen molar-refractivity contribution in [2.24, 2.45) is 5.92 Å². The van der Waals surface area contributed by atoms with Crippen LogP contribution in [-0.2, 0) is 14.4 Å². The van der Waals surface area contributed by atoms with Crippen LogP contribution in [0.5, 0.6) is 0 Å². The van der Waals surface area contributed by atoms with Crippen LogP contribution >= 0.6 is 11.3 Å². The summed E-state index contributed by atoms with van der Waals surface area (Å²) in [6, 6.07) is 0.0599. The van der Waals surface area contributed by atoms with Gasteiger partial charge >= 0.3 is 12.0 Å². The minimum Gasteiger partial charge on any atom is -0.460 e. The average Bonchev–Trinajstić information content (AvgIpc) is 3.19. The minimum atomic E-state index is -0.451. The molecule has 1 aliphatic carbocycles. The van der Waals surface area contributed by atoms with Crippen LogP contribution in [0.1, 0.15) is 88.2 Å². The van der Waals surface area contributed by atoms with E-state index in [0.29, 0.717) is 13.2 Å². The molecule has 2 atom stereocenters.